The number of unbranched alkanes of at least 4 members (excludes halogenated alkanes) is 11. The highest BCUT2D eigenvalue weighted by molar-refractivity contribution is 5.55. The highest BCUT2D eigenvalue weighted by Crippen LogP contribution is 2.34. The Hall–Kier alpha value is -1.70. The number of nitrogens with zero attached hydrogens (tertiary/aromatic N) is 2. The van der Waals surface area contributed by atoms with Crippen LogP contribution in [0, 0.1) is 11.8 Å². The van der Waals surface area contributed by atoms with E-state index in [1.807, 2.05) is 12.4 Å². The predicted octanol–water partition coefficient (Wildman–Crippen LogP) is 10.9. The van der Waals surface area contributed by atoms with Gasteiger partial charge < -0.3 is 0 Å². The maximum Gasteiger partial charge on any atom is 0.159 e. The zero-order chi connectivity index (χ0) is 26.0. The fraction of sp³-hybridized carbons (Fsp3) is 0.714. The number of aryl methyl sites for hydroxylation is 2. The Morgan fingerprint density at radius 3 is 1.65 bits per heavy atom. The monoisotopic (exact) mass is 504 g/mol. The van der Waals surface area contributed by atoms with Crippen molar-refractivity contribution in [3.8, 4) is 11.4 Å². The van der Waals surface area contributed by atoms with Crippen molar-refractivity contribution in [3.63, 3.8) is 0 Å². The molecule has 1 aliphatic rings. The Balaban J connectivity index is 1.29. The summed E-state index contributed by atoms with van der Waals surface area (Å²) in [4.78, 5) is 9.35. The maximum absolute atomic E-state index is 4.67. The van der Waals surface area contributed by atoms with Crippen molar-refractivity contribution >= 4 is 0 Å². The van der Waals surface area contributed by atoms with Gasteiger partial charge in [0, 0.05) is 18.0 Å². The van der Waals surface area contributed by atoms with E-state index in [0.717, 1.165) is 29.6 Å². The molecule has 2 nitrogen and oxygen atoms in total. The zero-order valence-corrected chi connectivity index (χ0v) is 24.4. The second kappa shape index (κ2) is 18.5. The van der Waals surface area contributed by atoms with Gasteiger partial charge in [0.05, 0.1) is 0 Å². The number of rotatable bonds is 19. The number of hydrogen-bond acceptors (Lipinski definition) is 2. The fourth-order valence-electron chi connectivity index (χ4n) is 6.13. The molecule has 37 heavy (non-hydrogen) atoms. The van der Waals surface area contributed by atoms with Gasteiger partial charge >= 0.3 is 0 Å². The van der Waals surface area contributed by atoms with Crippen LogP contribution >= 0.6 is 0 Å². The van der Waals surface area contributed by atoms with Gasteiger partial charge in [0.15, 0.2) is 5.82 Å². The molecule has 0 amide bonds. The lowest BCUT2D eigenvalue weighted by Gasteiger charge is -2.28. The third kappa shape index (κ3) is 12.1. The van der Waals surface area contributed by atoms with Gasteiger partial charge in [-0.25, -0.2) is 9.97 Å². The van der Waals surface area contributed by atoms with Crippen LogP contribution in [0.3, 0.4) is 0 Å². The van der Waals surface area contributed by atoms with E-state index in [-0.39, 0.29) is 0 Å². The second-order valence-electron chi connectivity index (χ2n) is 12.0. The van der Waals surface area contributed by atoms with Crippen LogP contribution in [-0.4, -0.2) is 9.97 Å². The minimum atomic E-state index is 0.860. The lowest BCUT2D eigenvalue weighted by atomic mass is 9.77. The molecule has 1 heterocycles. The van der Waals surface area contributed by atoms with E-state index < -0.39 is 0 Å². The molecule has 0 bridgehead atoms. The maximum atomic E-state index is 4.67. The van der Waals surface area contributed by atoms with Crippen molar-refractivity contribution < 1.29 is 0 Å². The van der Waals surface area contributed by atoms with Gasteiger partial charge in [0.2, 0.25) is 0 Å². The molecule has 0 aliphatic heterocycles. The van der Waals surface area contributed by atoms with Crippen LogP contribution in [-0.2, 0) is 12.8 Å². The summed E-state index contributed by atoms with van der Waals surface area (Å²) in [7, 11) is 0. The first-order valence-corrected chi connectivity index (χ1v) is 16.2. The minimum absolute atomic E-state index is 0.860. The van der Waals surface area contributed by atoms with Gasteiger partial charge in [0.1, 0.15) is 0 Å². The normalized spacial score (nSPS) is 17.8. The first kappa shape index (κ1) is 29.9. The summed E-state index contributed by atoms with van der Waals surface area (Å²) >= 11 is 0. The molecule has 1 aromatic carbocycles. The quantitative estimate of drug-likeness (QED) is 0.178. The van der Waals surface area contributed by atoms with Crippen LogP contribution < -0.4 is 0 Å². The van der Waals surface area contributed by atoms with E-state index in [2.05, 4.69) is 48.1 Å². The Morgan fingerprint density at radius 1 is 0.541 bits per heavy atom. The van der Waals surface area contributed by atoms with Gasteiger partial charge in [-0.2, -0.15) is 0 Å². The molecule has 0 radical (unpaired) electrons. The second-order valence-corrected chi connectivity index (χ2v) is 12.0. The van der Waals surface area contributed by atoms with Crippen LogP contribution in [0.5, 0.6) is 0 Å². The minimum Gasteiger partial charge on any atom is -0.236 e. The molecule has 0 N–H and O–H groups in total. The first-order valence-electron chi connectivity index (χ1n) is 16.2. The number of aromatic nitrogens is 2. The molecule has 1 fully saturated rings. The van der Waals surface area contributed by atoms with E-state index in [0.29, 0.717) is 0 Å². The molecule has 206 valence electrons. The largest absolute Gasteiger partial charge is 0.236 e. The van der Waals surface area contributed by atoms with Crippen LogP contribution in [0.4, 0.5) is 0 Å². The Bertz CT molecular complexity index is 802. The Labute approximate surface area is 229 Å². The molecule has 0 atom stereocenters. The number of hydrogen-bond donors (Lipinski definition) is 0. The van der Waals surface area contributed by atoms with Gasteiger partial charge in [-0.15, -0.1) is 0 Å². The molecule has 0 saturated heterocycles. The topological polar surface area (TPSA) is 25.8 Å². The predicted molar refractivity (Wildman–Crippen MR) is 161 cm³/mol. The van der Waals surface area contributed by atoms with Gasteiger partial charge in [-0.05, 0) is 48.6 Å². The van der Waals surface area contributed by atoms with E-state index >= 15 is 0 Å². The summed E-state index contributed by atoms with van der Waals surface area (Å²) < 4.78 is 0. The molecule has 0 spiro atoms. The third-order valence-corrected chi connectivity index (χ3v) is 8.76. The summed E-state index contributed by atoms with van der Waals surface area (Å²) in [5, 5.41) is 0. The van der Waals surface area contributed by atoms with Gasteiger partial charge in [-0.1, -0.05) is 147 Å². The summed E-state index contributed by atoms with van der Waals surface area (Å²) in [6.45, 7) is 4.58. The van der Waals surface area contributed by atoms with E-state index in [1.165, 1.54) is 140 Å². The molecule has 2 heteroatoms. The van der Waals surface area contributed by atoms with Gasteiger partial charge in [0.25, 0.3) is 0 Å². The summed E-state index contributed by atoms with van der Waals surface area (Å²) in [6.07, 6.45) is 33.2. The van der Waals surface area contributed by atoms with Crippen molar-refractivity contribution in [2.45, 2.75) is 149 Å². The van der Waals surface area contributed by atoms with Crippen LogP contribution in [0.1, 0.15) is 147 Å². The highest BCUT2D eigenvalue weighted by atomic mass is 14.9. The molecule has 1 aliphatic carbocycles. The lowest BCUT2D eigenvalue weighted by molar-refractivity contribution is 0.248. The Kier molecular flexibility index (Phi) is 15.0. The SMILES string of the molecule is CCCCCCCCCc1cnc(-c2ccc(CCC3CCC(CCCCCCCC)CC3)cc2)nc1. The van der Waals surface area contributed by atoms with Crippen molar-refractivity contribution in [2.24, 2.45) is 11.8 Å². The summed E-state index contributed by atoms with van der Waals surface area (Å²) in [6, 6.07) is 9.04. The summed E-state index contributed by atoms with van der Waals surface area (Å²) in [5.74, 6) is 2.81. The van der Waals surface area contributed by atoms with Crippen LogP contribution in [0.2, 0.25) is 0 Å². The smallest absolute Gasteiger partial charge is 0.159 e. The average Bonchev–Trinajstić information content (AvgIpc) is 2.94. The first-order chi connectivity index (χ1) is 18.3. The lowest BCUT2D eigenvalue weighted by Crippen LogP contribution is -2.15. The van der Waals surface area contributed by atoms with Crippen molar-refractivity contribution in [1.82, 2.24) is 9.97 Å². The fourth-order valence-corrected chi connectivity index (χ4v) is 6.13. The third-order valence-electron chi connectivity index (χ3n) is 8.76. The highest BCUT2D eigenvalue weighted by Gasteiger charge is 2.20. The van der Waals surface area contributed by atoms with E-state index in [4.69, 9.17) is 0 Å². The molecule has 0 unspecified atom stereocenters. The Morgan fingerprint density at radius 2 is 1.05 bits per heavy atom. The molecular weight excluding hydrogens is 448 g/mol. The average molecular weight is 505 g/mol. The van der Waals surface area contributed by atoms with Crippen molar-refractivity contribution in [1.29, 1.82) is 0 Å². The van der Waals surface area contributed by atoms with Crippen LogP contribution in [0.25, 0.3) is 11.4 Å². The zero-order valence-electron chi connectivity index (χ0n) is 24.4. The van der Waals surface area contributed by atoms with Crippen molar-refractivity contribution in [2.75, 3.05) is 0 Å². The number of benzene rings is 1. The van der Waals surface area contributed by atoms with E-state index in [1.54, 1.807) is 0 Å². The molecule has 3 rings (SSSR count). The standard InChI is InChI=1S/C35H56N2/c1-3-5-7-9-11-13-15-17-33-28-36-35(37-29-33)34-26-24-32(25-27-34)23-22-31-20-18-30(19-21-31)16-14-12-10-8-6-4-2/h24-31H,3-23H2,1-2H3. The molecule has 1 saturated carbocycles. The van der Waals surface area contributed by atoms with Gasteiger partial charge in [-0.3, -0.25) is 0 Å². The molecular formula is C35H56N2. The molecule has 2 aromatic rings. The molecule has 1 aromatic heterocycles. The van der Waals surface area contributed by atoms with Crippen molar-refractivity contribution in [3.05, 3.63) is 47.8 Å². The van der Waals surface area contributed by atoms with E-state index in [9.17, 15) is 0 Å². The summed E-state index contributed by atoms with van der Waals surface area (Å²) in [5.41, 5.74) is 3.88. The van der Waals surface area contributed by atoms with Crippen LogP contribution in [0.15, 0.2) is 36.7 Å².